The smallest absolute Gasteiger partial charge is 0.307 e. The third-order valence-corrected chi connectivity index (χ3v) is 2.86. The SMILES string of the molecule is CC(C)CN(CC(N)=O)Cc1ccccc1CC(=O)O. The van der Waals surface area contributed by atoms with Gasteiger partial charge in [-0.15, -0.1) is 0 Å². The molecule has 1 aromatic carbocycles. The topological polar surface area (TPSA) is 83.6 Å². The Morgan fingerprint density at radius 3 is 2.35 bits per heavy atom. The highest BCUT2D eigenvalue weighted by Crippen LogP contribution is 2.13. The lowest BCUT2D eigenvalue weighted by molar-refractivity contribution is -0.136. The zero-order valence-electron chi connectivity index (χ0n) is 12.0. The molecule has 1 rings (SSSR count). The molecule has 1 aromatic rings. The van der Waals surface area contributed by atoms with Crippen molar-refractivity contribution >= 4 is 11.9 Å². The second-order valence-electron chi connectivity index (χ2n) is 5.37. The fourth-order valence-electron chi connectivity index (χ4n) is 2.21. The van der Waals surface area contributed by atoms with E-state index in [1.54, 1.807) is 6.07 Å². The van der Waals surface area contributed by atoms with Gasteiger partial charge in [-0.3, -0.25) is 14.5 Å². The molecule has 5 heteroatoms. The van der Waals surface area contributed by atoms with Gasteiger partial charge in [0.25, 0.3) is 0 Å². The van der Waals surface area contributed by atoms with Crippen LogP contribution in [0.1, 0.15) is 25.0 Å². The molecule has 1 amide bonds. The fourth-order valence-corrected chi connectivity index (χ4v) is 2.21. The van der Waals surface area contributed by atoms with Crippen LogP contribution < -0.4 is 5.73 Å². The molecule has 0 unspecified atom stereocenters. The van der Waals surface area contributed by atoms with Crippen LogP contribution in [-0.2, 0) is 22.6 Å². The van der Waals surface area contributed by atoms with Crippen molar-refractivity contribution in [1.82, 2.24) is 4.90 Å². The molecule has 20 heavy (non-hydrogen) atoms. The van der Waals surface area contributed by atoms with Gasteiger partial charge in [0.05, 0.1) is 13.0 Å². The van der Waals surface area contributed by atoms with E-state index in [0.717, 1.165) is 17.7 Å². The number of nitrogens with two attached hydrogens (primary N) is 1. The summed E-state index contributed by atoms with van der Waals surface area (Å²) in [5.41, 5.74) is 6.97. The summed E-state index contributed by atoms with van der Waals surface area (Å²) in [5.74, 6) is -0.829. The Hall–Kier alpha value is -1.88. The summed E-state index contributed by atoms with van der Waals surface area (Å²) in [5, 5.41) is 8.93. The minimum atomic E-state index is -0.859. The van der Waals surface area contributed by atoms with Crippen LogP contribution in [0.15, 0.2) is 24.3 Å². The van der Waals surface area contributed by atoms with Crippen molar-refractivity contribution < 1.29 is 14.7 Å². The first-order valence-corrected chi connectivity index (χ1v) is 6.67. The first-order valence-electron chi connectivity index (χ1n) is 6.67. The van der Waals surface area contributed by atoms with Crippen LogP contribution in [0.25, 0.3) is 0 Å². The molecule has 5 nitrogen and oxygen atoms in total. The molecule has 0 aliphatic heterocycles. The molecule has 0 bridgehead atoms. The Morgan fingerprint density at radius 1 is 1.25 bits per heavy atom. The molecular formula is C15H22N2O3. The maximum atomic E-state index is 11.1. The molecule has 0 aliphatic carbocycles. The zero-order chi connectivity index (χ0) is 15.1. The normalized spacial score (nSPS) is 11.0. The summed E-state index contributed by atoms with van der Waals surface area (Å²) in [6.07, 6.45) is -0.0116. The highest BCUT2D eigenvalue weighted by molar-refractivity contribution is 5.76. The summed E-state index contributed by atoms with van der Waals surface area (Å²) >= 11 is 0. The van der Waals surface area contributed by atoms with Gasteiger partial charge in [0.2, 0.25) is 5.91 Å². The van der Waals surface area contributed by atoms with E-state index in [9.17, 15) is 9.59 Å². The summed E-state index contributed by atoms with van der Waals surface area (Å²) in [4.78, 5) is 24.0. The van der Waals surface area contributed by atoms with Crippen LogP contribution in [0, 0.1) is 5.92 Å². The van der Waals surface area contributed by atoms with Gasteiger partial charge in [-0.05, 0) is 17.0 Å². The van der Waals surface area contributed by atoms with E-state index in [2.05, 4.69) is 13.8 Å². The lowest BCUT2D eigenvalue weighted by Crippen LogP contribution is -2.36. The molecule has 0 aromatic heterocycles. The van der Waals surface area contributed by atoms with E-state index >= 15 is 0 Å². The predicted octanol–water partition coefficient (Wildman–Crippen LogP) is 1.26. The van der Waals surface area contributed by atoms with Gasteiger partial charge >= 0.3 is 5.97 Å². The first kappa shape index (κ1) is 16.2. The molecular weight excluding hydrogens is 256 g/mol. The molecule has 0 heterocycles. The highest BCUT2D eigenvalue weighted by atomic mass is 16.4. The Bertz CT molecular complexity index is 472. The monoisotopic (exact) mass is 278 g/mol. The maximum Gasteiger partial charge on any atom is 0.307 e. The van der Waals surface area contributed by atoms with Crippen LogP contribution >= 0.6 is 0 Å². The fraction of sp³-hybridized carbons (Fsp3) is 0.467. The number of hydrogen-bond donors (Lipinski definition) is 2. The Morgan fingerprint density at radius 2 is 1.85 bits per heavy atom. The van der Waals surface area contributed by atoms with E-state index in [-0.39, 0.29) is 18.9 Å². The van der Waals surface area contributed by atoms with Gasteiger partial charge in [0, 0.05) is 13.1 Å². The number of carbonyl (C=O) groups excluding carboxylic acids is 1. The number of benzene rings is 1. The van der Waals surface area contributed by atoms with Gasteiger partial charge in [-0.25, -0.2) is 0 Å². The lowest BCUT2D eigenvalue weighted by atomic mass is 10.0. The van der Waals surface area contributed by atoms with E-state index < -0.39 is 5.97 Å². The molecule has 110 valence electrons. The van der Waals surface area contributed by atoms with Gasteiger partial charge in [-0.2, -0.15) is 0 Å². The summed E-state index contributed by atoms with van der Waals surface area (Å²) in [6, 6.07) is 7.40. The van der Waals surface area contributed by atoms with E-state index in [0.29, 0.717) is 12.5 Å². The predicted molar refractivity (Wildman–Crippen MR) is 77.1 cm³/mol. The first-order chi connectivity index (χ1) is 9.38. The van der Waals surface area contributed by atoms with Crippen molar-refractivity contribution in [2.24, 2.45) is 11.7 Å². The second kappa shape index (κ2) is 7.65. The molecule has 0 fully saturated rings. The average molecular weight is 278 g/mol. The number of carboxylic acids is 1. The minimum Gasteiger partial charge on any atom is -0.481 e. The summed E-state index contributed by atoms with van der Waals surface area (Å²) in [6.45, 7) is 5.59. The summed E-state index contributed by atoms with van der Waals surface area (Å²) in [7, 11) is 0. The summed E-state index contributed by atoms with van der Waals surface area (Å²) < 4.78 is 0. The number of carboxylic acid groups (broad SMARTS) is 1. The Kier molecular flexibility index (Phi) is 6.18. The van der Waals surface area contributed by atoms with Gasteiger partial charge in [0.15, 0.2) is 0 Å². The molecule has 0 saturated carbocycles. The van der Waals surface area contributed by atoms with Crippen molar-refractivity contribution in [3.63, 3.8) is 0 Å². The van der Waals surface area contributed by atoms with Crippen molar-refractivity contribution in [1.29, 1.82) is 0 Å². The largest absolute Gasteiger partial charge is 0.481 e. The van der Waals surface area contributed by atoms with Crippen LogP contribution in [0.5, 0.6) is 0 Å². The number of amides is 1. The third-order valence-electron chi connectivity index (χ3n) is 2.86. The van der Waals surface area contributed by atoms with Crippen LogP contribution in [0.3, 0.4) is 0 Å². The van der Waals surface area contributed by atoms with E-state index in [1.807, 2.05) is 23.1 Å². The maximum absolute atomic E-state index is 11.1. The molecule has 0 aliphatic rings. The van der Waals surface area contributed by atoms with Crippen LogP contribution in [0.4, 0.5) is 0 Å². The Balaban J connectivity index is 2.86. The molecule has 0 radical (unpaired) electrons. The van der Waals surface area contributed by atoms with E-state index in [4.69, 9.17) is 10.8 Å². The van der Waals surface area contributed by atoms with Crippen molar-refractivity contribution in [2.45, 2.75) is 26.8 Å². The van der Waals surface area contributed by atoms with Crippen molar-refractivity contribution in [3.8, 4) is 0 Å². The van der Waals surface area contributed by atoms with E-state index in [1.165, 1.54) is 0 Å². The van der Waals surface area contributed by atoms with Gasteiger partial charge in [-0.1, -0.05) is 38.1 Å². The average Bonchev–Trinajstić information content (AvgIpc) is 2.29. The van der Waals surface area contributed by atoms with Crippen LogP contribution in [-0.4, -0.2) is 35.0 Å². The van der Waals surface area contributed by atoms with Gasteiger partial charge in [0.1, 0.15) is 0 Å². The van der Waals surface area contributed by atoms with Crippen molar-refractivity contribution in [3.05, 3.63) is 35.4 Å². The Labute approximate surface area is 119 Å². The number of nitrogens with zero attached hydrogens (tertiary/aromatic N) is 1. The standard InChI is InChI=1S/C15H22N2O3/c1-11(2)8-17(10-14(16)18)9-13-6-4-3-5-12(13)7-15(19)20/h3-6,11H,7-10H2,1-2H3,(H2,16,18)(H,19,20). The number of carbonyl (C=O) groups is 2. The molecule has 0 spiro atoms. The van der Waals surface area contributed by atoms with Gasteiger partial charge < -0.3 is 10.8 Å². The number of primary amides is 1. The molecule has 0 saturated heterocycles. The quantitative estimate of drug-likeness (QED) is 0.749. The number of rotatable bonds is 8. The molecule has 3 N–H and O–H groups in total. The minimum absolute atomic E-state index is 0.0116. The lowest BCUT2D eigenvalue weighted by Gasteiger charge is -2.23. The van der Waals surface area contributed by atoms with Crippen LogP contribution in [0.2, 0.25) is 0 Å². The highest BCUT2D eigenvalue weighted by Gasteiger charge is 2.14. The zero-order valence-corrected chi connectivity index (χ0v) is 12.0. The van der Waals surface area contributed by atoms with Crippen molar-refractivity contribution in [2.75, 3.05) is 13.1 Å². The molecule has 0 atom stereocenters. The second-order valence-corrected chi connectivity index (χ2v) is 5.37. The number of aliphatic carboxylic acids is 1. The number of hydrogen-bond acceptors (Lipinski definition) is 3. The third kappa shape index (κ3) is 5.84.